The van der Waals surface area contributed by atoms with Crippen LogP contribution in [0.15, 0.2) is 23.3 Å². The zero-order valence-corrected chi connectivity index (χ0v) is 13.4. The van der Waals surface area contributed by atoms with Crippen LogP contribution in [0.5, 0.6) is 0 Å². The number of carbonyl (C=O) groups excluding carboxylic acids is 1. The molecule has 1 fully saturated rings. The molecule has 1 aliphatic carbocycles. The number of pyridine rings is 1. The van der Waals surface area contributed by atoms with Gasteiger partial charge in [-0.05, 0) is 18.9 Å². The van der Waals surface area contributed by atoms with Crippen molar-refractivity contribution in [3.8, 4) is 0 Å². The molecule has 1 amide bonds. The maximum Gasteiger partial charge on any atom is 0.280 e. The topological polar surface area (TPSA) is 94.2 Å². The van der Waals surface area contributed by atoms with E-state index < -0.39 is 0 Å². The van der Waals surface area contributed by atoms with Crippen molar-refractivity contribution in [2.75, 3.05) is 5.43 Å². The van der Waals surface area contributed by atoms with E-state index in [-0.39, 0.29) is 11.5 Å². The molecule has 0 radical (unpaired) electrons. The average molecular weight is 326 g/mol. The third-order valence-corrected chi connectivity index (χ3v) is 4.50. The van der Waals surface area contributed by atoms with Gasteiger partial charge in [0.05, 0.1) is 10.9 Å². The number of hydrogen-bond donors (Lipinski definition) is 1. The molecular weight excluding hydrogens is 308 g/mol. The predicted octanol–water partition coefficient (Wildman–Crippen LogP) is 1.58. The van der Waals surface area contributed by atoms with E-state index in [0.29, 0.717) is 22.6 Å². The molecule has 1 N–H and O–H groups in total. The molecule has 3 aromatic rings. The van der Waals surface area contributed by atoms with Gasteiger partial charge in [-0.2, -0.15) is 9.50 Å². The Kier molecular flexibility index (Phi) is 3.51. The summed E-state index contributed by atoms with van der Waals surface area (Å²) in [6.07, 6.45) is 8.89. The van der Waals surface area contributed by atoms with Gasteiger partial charge < -0.3 is 0 Å². The number of rotatable bonds is 2. The number of fused-ring (bicyclic) bond motifs is 3. The van der Waals surface area contributed by atoms with Gasteiger partial charge in [-0.15, -0.1) is 5.10 Å². The van der Waals surface area contributed by atoms with Gasteiger partial charge in [-0.1, -0.05) is 19.3 Å². The van der Waals surface area contributed by atoms with E-state index >= 15 is 0 Å². The van der Waals surface area contributed by atoms with Gasteiger partial charge in [0.2, 0.25) is 5.91 Å². The normalized spacial score (nSPS) is 15.9. The van der Waals surface area contributed by atoms with E-state index in [2.05, 4.69) is 20.5 Å². The summed E-state index contributed by atoms with van der Waals surface area (Å²) in [5.41, 5.74) is 2.76. The molecule has 1 saturated carbocycles. The number of carbonyl (C=O) groups is 1. The number of aromatic nitrogens is 5. The Labute approximate surface area is 137 Å². The van der Waals surface area contributed by atoms with E-state index in [0.717, 1.165) is 23.3 Å². The second-order valence-electron chi connectivity index (χ2n) is 6.23. The number of nitrogens with zero attached hydrogens (tertiary/aromatic N) is 5. The largest absolute Gasteiger partial charge is 0.280 e. The van der Waals surface area contributed by atoms with Crippen molar-refractivity contribution in [3.05, 3.63) is 34.6 Å². The summed E-state index contributed by atoms with van der Waals surface area (Å²) in [7, 11) is 0. The first kappa shape index (κ1) is 14.8. The summed E-state index contributed by atoms with van der Waals surface area (Å²) < 4.78 is 2.77. The summed E-state index contributed by atoms with van der Waals surface area (Å²) in [5.74, 6) is 1.36. The highest BCUT2D eigenvalue weighted by atomic mass is 16.2. The molecule has 8 nitrogen and oxygen atoms in total. The number of amides is 1. The highest BCUT2D eigenvalue weighted by Crippen LogP contribution is 2.30. The van der Waals surface area contributed by atoms with Crippen LogP contribution in [-0.4, -0.2) is 30.2 Å². The molecule has 3 heterocycles. The minimum atomic E-state index is -0.341. The van der Waals surface area contributed by atoms with Crippen LogP contribution in [0, 0.1) is 0 Å². The molecule has 0 saturated heterocycles. The van der Waals surface area contributed by atoms with Gasteiger partial charge in [0.1, 0.15) is 0 Å². The highest BCUT2D eigenvalue weighted by Gasteiger charge is 2.21. The van der Waals surface area contributed by atoms with Crippen LogP contribution in [0.1, 0.15) is 50.8 Å². The Balaban J connectivity index is 1.84. The standard InChI is InChI=1S/C16H18N6O2/c1-10(23)19-21-8-7-13-12(15(21)24)9-17-16-18-14(20-22(13)16)11-5-3-2-4-6-11/h7-9,11H,2-6H2,1H3,(H,19,23). The first-order chi connectivity index (χ1) is 11.6. The molecule has 0 aromatic carbocycles. The van der Waals surface area contributed by atoms with Crippen molar-refractivity contribution in [2.45, 2.75) is 44.9 Å². The lowest BCUT2D eigenvalue weighted by atomic mass is 9.89. The lowest BCUT2D eigenvalue weighted by Crippen LogP contribution is -2.31. The van der Waals surface area contributed by atoms with Crippen LogP contribution in [0.25, 0.3) is 16.7 Å². The van der Waals surface area contributed by atoms with E-state index in [9.17, 15) is 9.59 Å². The zero-order valence-electron chi connectivity index (χ0n) is 13.4. The minimum Gasteiger partial charge on any atom is -0.274 e. The van der Waals surface area contributed by atoms with Crippen LogP contribution in [0.4, 0.5) is 0 Å². The van der Waals surface area contributed by atoms with Gasteiger partial charge in [0.15, 0.2) is 5.82 Å². The van der Waals surface area contributed by atoms with E-state index in [4.69, 9.17) is 0 Å². The molecule has 4 rings (SSSR count). The molecule has 0 atom stereocenters. The Hall–Kier alpha value is -2.77. The van der Waals surface area contributed by atoms with Gasteiger partial charge >= 0.3 is 0 Å². The van der Waals surface area contributed by atoms with E-state index in [1.165, 1.54) is 38.6 Å². The van der Waals surface area contributed by atoms with Crippen molar-refractivity contribution in [2.24, 2.45) is 0 Å². The molecule has 0 aliphatic heterocycles. The zero-order chi connectivity index (χ0) is 16.7. The second kappa shape index (κ2) is 5.70. The summed E-state index contributed by atoms with van der Waals surface area (Å²) in [6.45, 7) is 1.35. The highest BCUT2D eigenvalue weighted by molar-refractivity contribution is 5.82. The molecule has 124 valence electrons. The first-order valence-corrected chi connectivity index (χ1v) is 8.18. The Bertz CT molecular complexity index is 983. The smallest absolute Gasteiger partial charge is 0.274 e. The summed E-state index contributed by atoms with van der Waals surface area (Å²) in [5, 5.41) is 4.99. The summed E-state index contributed by atoms with van der Waals surface area (Å²) >= 11 is 0. The lowest BCUT2D eigenvalue weighted by molar-refractivity contribution is -0.115. The van der Waals surface area contributed by atoms with Gasteiger partial charge in [-0.3, -0.25) is 15.0 Å². The summed E-state index contributed by atoms with van der Waals surface area (Å²) in [6, 6.07) is 1.74. The fraction of sp³-hybridized carbons (Fsp3) is 0.438. The molecule has 8 heteroatoms. The Morgan fingerprint density at radius 3 is 2.83 bits per heavy atom. The number of nitrogens with one attached hydrogen (secondary N) is 1. The average Bonchev–Trinajstić information content (AvgIpc) is 3.02. The van der Waals surface area contributed by atoms with E-state index in [1.54, 1.807) is 10.6 Å². The molecular formula is C16H18N6O2. The fourth-order valence-electron chi connectivity index (χ4n) is 3.33. The Morgan fingerprint density at radius 1 is 1.29 bits per heavy atom. The van der Waals surface area contributed by atoms with Crippen LogP contribution in [0.2, 0.25) is 0 Å². The second-order valence-corrected chi connectivity index (χ2v) is 6.23. The van der Waals surface area contributed by atoms with Crippen LogP contribution >= 0.6 is 0 Å². The van der Waals surface area contributed by atoms with Crippen molar-refractivity contribution in [1.29, 1.82) is 0 Å². The van der Waals surface area contributed by atoms with Gasteiger partial charge in [-0.25, -0.2) is 9.66 Å². The van der Waals surface area contributed by atoms with Gasteiger partial charge in [0, 0.05) is 25.2 Å². The monoisotopic (exact) mass is 326 g/mol. The van der Waals surface area contributed by atoms with Crippen molar-refractivity contribution >= 4 is 22.6 Å². The van der Waals surface area contributed by atoms with Crippen LogP contribution < -0.4 is 11.0 Å². The first-order valence-electron chi connectivity index (χ1n) is 8.18. The maximum absolute atomic E-state index is 12.5. The SMILES string of the molecule is CC(=O)Nn1ccc2c(cnc3nc(C4CCCCC4)nn32)c1=O. The summed E-state index contributed by atoms with van der Waals surface area (Å²) in [4.78, 5) is 32.5. The van der Waals surface area contributed by atoms with Gasteiger partial charge in [0.25, 0.3) is 11.3 Å². The molecule has 0 unspecified atom stereocenters. The number of hydrogen-bond acceptors (Lipinski definition) is 5. The predicted molar refractivity (Wildman–Crippen MR) is 88.4 cm³/mol. The van der Waals surface area contributed by atoms with Crippen LogP contribution in [-0.2, 0) is 4.79 Å². The lowest BCUT2D eigenvalue weighted by Gasteiger charge is -2.17. The third kappa shape index (κ3) is 2.44. The molecule has 24 heavy (non-hydrogen) atoms. The molecule has 0 bridgehead atoms. The van der Waals surface area contributed by atoms with E-state index in [1.807, 2.05) is 0 Å². The third-order valence-electron chi connectivity index (χ3n) is 4.50. The van der Waals surface area contributed by atoms with Crippen LogP contribution in [0.3, 0.4) is 0 Å². The molecule has 0 spiro atoms. The Morgan fingerprint density at radius 2 is 2.08 bits per heavy atom. The fourth-order valence-corrected chi connectivity index (χ4v) is 3.33. The quantitative estimate of drug-likeness (QED) is 0.771. The van der Waals surface area contributed by atoms with Crippen molar-refractivity contribution in [3.63, 3.8) is 0 Å². The molecule has 3 aromatic heterocycles. The minimum absolute atomic E-state index is 0.314. The van der Waals surface area contributed by atoms with Crippen molar-refractivity contribution in [1.82, 2.24) is 24.3 Å². The van der Waals surface area contributed by atoms with Crippen molar-refractivity contribution < 1.29 is 4.79 Å². The molecule has 1 aliphatic rings. The maximum atomic E-state index is 12.5.